The number of carbonyl (C=O) groups is 1. The van der Waals surface area contributed by atoms with Crippen LogP contribution in [0.5, 0.6) is 5.75 Å². The lowest BCUT2D eigenvalue weighted by Gasteiger charge is -2.48. The highest BCUT2D eigenvalue weighted by molar-refractivity contribution is 5.78. The molecule has 25 heavy (non-hydrogen) atoms. The fourth-order valence-electron chi connectivity index (χ4n) is 5.40. The first-order valence-corrected chi connectivity index (χ1v) is 9.19. The maximum Gasteiger partial charge on any atom is 0.311 e. The third kappa shape index (κ3) is 2.74. The molecular weight excluding hydrogens is 316 g/mol. The van der Waals surface area contributed by atoms with Crippen molar-refractivity contribution in [3.63, 3.8) is 0 Å². The molecule has 1 fully saturated rings. The summed E-state index contributed by atoms with van der Waals surface area (Å²) in [5.74, 6) is -0.0614. The normalized spacial score (nSPS) is 33.9. The van der Waals surface area contributed by atoms with Gasteiger partial charge in [-0.15, -0.1) is 0 Å². The molecule has 5 atom stereocenters. The minimum atomic E-state index is -0.784. The highest BCUT2D eigenvalue weighted by Crippen LogP contribution is 2.56. The summed E-state index contributed by atoms with van der Waals surface area (Å²) in [6, 6.07) is 5.20. The lowest BCUT2D eigenvalue weighted by Crippen LogP contribution is -2.41. The molecule has 4 nitrogen and oxygen atoms in total. The van der Waals surface area contributed by atoms with Gasteiger partial charge in [-0.2, -0.15) is 0 Å². The van der Waals surface area contributed by atoms with Crippen LogP contribution in [-0.2, 0) is 4.79 Å². The number of benzene rings is 1. The Labute approximate surface area is 147 Å². The first kappa shape index (κ1) is 16.2. The van der Waals surface area contributed by atoms with E-state index >= 15 is 0 Å². The highest BCUT2D eigenvalue weighted by Gasteiger charge is 2.48. The minimum absolute atomic E-state index is 0.0282. The molecule has 1 saturated carbocycles. The summed E-state index contributed by atoms with van der Waals surface area (Å²) in [5.41, 5.74) is 1.90. The van der Waals surface area contributed by atoms with Gasteiger partial charge in [0.25, 0.3) is 0 Å². The second-order valence-corrected chi connectivity index (χ2v) is 7.65. The van der Waals surface area contributed by atoms with Gasteiger partial charge < -0.3 is 15.3 Å². The molecule has 132 valence electrons. The van der Waals surface area contributed by atoms with E-state index in [0.717, 1.165) is 36.8 Å². The lowest BCUT2D eigenvalue weighted by molar-refractivity contribution is -0.142. The van der Waals surface area contributed by atoms with Crippen LogP contribution >= 0.6 is 0 Å². The maximum absolute atomic E-state index is 12.2. The number of carboxylic acids is 1. The summed E-state index contributed by atoms with van der Waals surface area (Å²) in [7, 11) is 0. The van der Waals surface area contributed by atoms with Gasteiger partial charge in [-0.25, -0.2) is 0 Å². The summed E-state index contributed by atoms with van der Waals surface area (Å²) in [5, 5.41) is 29.7. The van der Waals surface area contributed by atoms with Crippen molar-refractivity contribution in [2.75, 3.05) is 0 Å². The van der Waals surface area contributed by atoms with Gasteiger partial charge in [0.05, 0.1) is 5.92 Å². The number of hydrogen-bond acceptors (Lipinski definition) is 3. The van der Waals surface area contributed by atoms with Crippen LogP contribution in [0.15, 0.2) is 42.2 Å². The molecule has 0 amide bonds. The third-order valence-electron chi connectivity index (χ3n) is 6.38. The number of fused-ring (bicyclic) bond motifs is 3. The zero-order valence-electron chi connectivity index (χ0n) is 14.1. The lowest BCUT2D eigenvalue weighted by atomic mass is 9.55. The van der Waals surface area contributed by atoms with Gasteiger partial charge in [-0.3, -0.25) is 4.79 Å². The monoisotopic (exact) mass is 340 g/mol. The van der Waals surface area contributed by atoms with Gasteiger partial charge in [0.15, 0.2) is 0 Å². The summed E-state index contributed by atoms with van der Waals surface area (Å²) in [6.07, 6.45) is 10.6. The zero-order chi connectivity index (χ0) is 17.6. The molecular formula is C21H24O4. The number of phenols is 1. The van der Waals surface area contributed by atoms with Gasteiger partial charge in [0.1, 0.15) is 11.5 Å². The Bertz CT molecular complexity index is 748. The third-order valence-corrected chi connectivity index (χ3v) is 6.38. The van der Waals surface area contributed by atoms with E-state index in [1.54, 1.807) is 30.4 Å². The van der Waals surface area contributed by atoms with Gasteiger partial charge in [-0.05, 0) is 78.3 Å². The second-order valence-electron chi connectivity index (χ2n) is 7.65. The van der Waals surface area contributed by atoms with Crippen LogP contribution in [-0.4, -0.2) is 21.3 Å². The smallest absolute Gasteiger partial charge is 0.311 e. The molecule has 0 aliphatic heterocycles. The number of carboxylic acid groups (broad SMARTS) is 1. The topological polar surface area (TPSA) is 77.8 Å². The molecule has 3 aliphatic rings. The van der Waals surface area contributed by atoms with Crippen molar-refractivity contribution in [3.05, 3.63) is 53.3 Å². The summed E-state index contributed by atoms with van der Waals surface area (Å²) >= 11 is 0. The first-order chi connectivity index (χ1) is 12.1. The number of aromatic hydroxyl groups is 1. The van der Waals surface area contributed by atoms with E-state index < -0.39 is 11.9 Å². The van der Waals surface area contributed by atoms with E-state index in [-0.39, 0.29) is 23.3 Å². The fourth-order valence-corrected chi connectivity index (χ4v) is 5.40. The number of aliphatic hydroxyl groups is 1. The largest absolute Gasteiger partial charge is 0.508 e. The average molecular weight is 340 g/mol. The molecule has 1 unspecified atom stereocenters. The number of phenolic OH excluding ortho intramolecular Hbond substituents is 1. The SMILES string of the molecule is O=C(O)[C@H]1c2ccc(O)cc2[C@@H]2CCCC[C@@H]2[C@@H]1C1C=CC(O)=CC1. The number of aliphatic carboxylic acids is 1. The Morgan fingerprint density at radius 3 is 2.60 bits per heavy atom. The van der Waals surface area contributed by atoms with Crippen LogP contribution in [0, 0.1) is 17.8 Å². The Hall–Kier alpha value is -2.23. The van der Waals surface area contributed by atoms with Gasteiger partial charge in [0, 0.05) is 0 Å². The summed E-state index contributed by atoms with van der Waals surface area (Å²) in [4.78, 5) is 12.2. The molecule has 0 saturated heterocycles. The molecule has 0 bridgehead atoms. The van der Waals surface area contributed by atoms with Crippen molar-refractivity contribution < 1.29 is 20.1 Å². The zero-order valence-corrected chi connectivity index (χ0v) is 14.1. The summed E-state index contributed by atoms with van der Waals surface area (Å²) < 4.78 is 0. The Morgan fingerprint density at radius 2 is 1.88 bits per heavy atom. The molecule has 4 heteroatoms. The Morgan fingerprint density at radius 1 is 1.08 bits per heavy atom. The molecule has 3 aliphatic carbocycles. The standard InChI is InChI=1S/C21H24O4/c22-13-7-5-12(6-8-13)19-16-4-2-1-3-15(16)18-11-14(23)9-10-17(18)20(19)21(24)25/h5,7-12,15-16,19-20,22-23H,1-4,6H2,(H,24,25)/t12?,15-,16+,19+,20+/m1/s1. The Kier molecular flexibility index (Phi) is 4.06. The van der Waals surface area contributed by atoms with E-state index in [4.69, 9.17) is 0 Å². The molecule has 0 heterocycles. The van der Waals surface area contributed by atoms with Crippen LogP contribution in [0.2, 0.25) is 0 Å². The van der Waals surface area contributed by atoms with Gasteiger partial charge in [-0.1, -0.05) is 25.0 Å². The average Bonchev–Trinajstić information content (AvgIpc) is 2.61. The Balaban J connectivity index is 1.82. The predicted octanol–water partition coefficient (Wildman–Crippen LogP) is 4.48. The number of aliphatic hydroxyl groups excluding tert-OH is 1. The van der Waals surface area contributed by atoms with Crippen molar-refractivity contribution in [1.29, 1.82) is 0 Å². The van der Waals surface area contributed by atoms with Crippen molar-refractivity contribution in [1.82, 2.24) is 0 Å². The maximum atomic E-state index is 12.2. The molecule has 1 aromatic carbocycles. The highest BCUT2D eigenvalue weighted by atomic mass is 16.4. The van der Waals surface area contributed by atoms with Crippen LogP contribution in [0.3, 0.4) is 0 Å². The van der Waals surface area contributed by atoms with E-state index in [9.17, 15) is 20.1 Å². The fraction of sp³-hybridized carbons (Fsp3) is 0.476. The number of allylic oxidation sites excluding steroid dienone is 3. The van der Waals surface area contributed by atoms with E-state index in [1.807, 2.05) is 6.08 Å². The van der Waals surface area contributed by atoms with Gasteiger partial charge >= 0.3 is 5.97 Å². The van der Waals surface area contributed by atoms with E-state index in [2.05, 4.69) is 0 Å². The van der Waals surface area contributed by atoms with Crippen LogP contribution in [0.4, 0.5) is 0 Å². The molecule has 4 rings (SSSR count). The second kappa shape index (κ2) is 6.25. The molecule has 0 radical (unpaired) electrons. The van der Waals surface area contributed by atoms with Crippen molar-refractivity contribution in [2.45, 2.75) is 43.9 Å². The van der Waals surface area contributed by atoms with Crippen molar-refractivity contribution >= 4 is 5.97 Å². The van der Waals surface area contributed by atoms with E-state index in [0.29, 0.717) is 18.3 Å². The summed E-state index contributed by atoms with van der Waals surface area (Å²) in [6.45, 7) is 0. The molecule has 3 N–H and O–H groups in total. The number of hydrogen-bond donors (Lipinski definition) is 3. The molecule has 1 aromatic rings. The van der Waals surface area contributed by atoms with Crippen LogP contribution in [0.25, 0.3) is 0 Å². The predicted molar refractivity (Wildman–Crippen MR) is 94.6 cm³/mol. The quantitative estimate of drug-likeness (QED) is 0.741. The van der Waals surface area contributed by atoms with Crippen molar-refractivity contribution in [2.24, 2.45) is 17.8 Å². The minimum Gasteiger partial charge on any atom is -0.508 e. The van der Waals surface area contributed by atoms with Gasteiger partial charge in [0.2, 0.25) is 0 Å². The number of rotatable bonds is 2. The van der Waals surface area contributed by atoms with Crippen LogP contribution in [0.1, 0.15) is 55.1 Å². The first-order valence-electron chi connectivity index (χ1n) is 9.19. The van der Waals surface area contributed by atoms with E-state index in [1.165, 1.54) is 0 Å². The molecule has 0 spiro atoms. The van der Waals surface area contributed by atoms with Crippen molar-refractivity contribution in [3.8, 4) is 5.75 Å². The van der Waals surface area contributed by atoms with Crippen LogP contribution < -0.4 is 0 Å². The molecule has 0 aromatic heterocycles.